The summed E-state index contributed by atoms with van der Waals surface area (Å²) in [5.74, 6) is 0.979. The first-order valence-electron chi connectivity index (χ1n) is 6.75. The van der Waals surface area contributed by atoms with Gasteiger partial charge in [-0.2, -0.15) is 0 Å². The summed E-state index contributed by atoms with van der Waals surface area (Å²) in [6, 6.07) is 2.08. The van der Waals surface area contributed by atoms with Crippen LogP contribution in [0.25, 0.3) is 10.2 Å². The summed E-state index contributed by atoms with van der Waals surface area (Å²) >= 11 is 1.63. The minimum absolute atomic E-state index is 0.0236. The number of hydrogen-bond acceptors (Lipinski definition) is 5. The number of piperazine rings is 1. The Balaban J connectivity index is 1.72. The largest absolute Gasteiger partial charge is 0.352 e. The van der Waals surface area contributed by atoms with Crippen LogP contribution in [0.2, 0.25) is 0 Å². The van der Waals surface area contributed by atoms with Crippen molar-refractivity contribution in [3.63, 3.8) is 0 Å². The van der Waals surface area contributed by atoms with Gasteiger partial charge in [-0.25, -0.2) is 14.8 Å². The molecule has 3 heterocycles. The molecular formula is C13H17N5OS. The van der Waals surface area contributed by atoms with Gasteiger partial charge in [0.2, 0.25) is 0 Å². The highest BCUT2D eigenvalue weighted by Gasteiger charge is 2.22. The van der Waals surface area contributed by atoms with E-state index in [4.69, 9.17) is 0 Å². The molecule has 1 fully saturated rings. The Kier molecular flexibility index (Phi) is 3.68. The number of anilines is 1. The van der Waals surface area contributed by atoms with Crippen LogP contribution in [0.3, 0.4) is 0 Å². The zero-order valence-electron chi connectivity index (χ0n) is 11.4. The third-order valence-corrected chi connectivity index (χ3v) is 4.26. The van der Waals surface area contributed by atoms with E-state index in [1.54, 1.807) is 17.7 Å². The number of carbonyl (C=O) groups excluding carboxylic acids is 1. The predicted molar refractivity (Wildman–Crippen MR) is 80.3 cm³/mol. The van der Waals surface area contributed by atoms with Crippen LogP contribution in [-0.4, -0.2) is 53.6 Å². The SMILES string of the molecule is CCNC(=O)N1CCN(c2ncnc3sccc23)CC1. The lowest BCUT2D eigenvalue weighted by atomic mass is 10.3. The fraction of sp³-hybridized carbons (Fsp3) is 0.462. The van der Waals surface area contributed by atoms with Crippen LogP contribution < -0.4 is 10.2 Å². The molecule has 0 aromatic carbocycles. The first-order valence-corrected chi connectivity index (χ1v) is 7.63. The average molecular weight is 291 g/mol. The van der Waals surface area contributed by atoms with E-state index >= 15 is 0 Å². The Hall–Kier alpha value is -1.89. The molecule has 106 valence electrons. The number of hydrogen-bond donors (Lipinski definition) is 1. The molecule has 2 amide bonds. The van der Waals surface area contributed by atoms with E-state index < -0.39 is 0 Å². The number of aromatic nitrogens is 2. The second-order valence-electron chi connectivity index (χ2n) is 4.65. The Labute approximate surface area is 121 Å². The van der Waals surface area contributed by atoms with Crippen molar-refractivity contribution in [2.24, 2.45) is 0 Å². The molecule has 0 saturated carbocycles. The van der Waals surface area contributed by atoms with Gasteiger partial charge in [0.1, 0.15) is 17.0 Å². The number of carbonyl (C=O) groups is 1. The average Bonchev–Trinajstić information content (AvgIpc) is 2.96. The summed E-state index contributed by atoms with van der Waals surface area (Å²) in [7, 11) is 0. The van der Waals surface area contributed by atoms with Crippen molar-refractivity contribution in [2.45, 2.75) is 6.92 Å². The molecule has 0 atom stereocenters. The Bertz CT molecular complexity index is 606. The van der Waals surface area contributed by atoms with Gasteiger partial charge in [-0.3, -0.25) is 0 Å². The highest BCUT2D eigenvalue weighted by atomic mass is 32.1. The molecule has 1 saturated heterocycles. The number of rotatable bonds is 2. The summed E-state index contributed by atoms with van der Waals surface area (Å²) in [5.41, 5.74) is 0. The van der Waals surface area contributed by atoms with Crippen LogP contribution in [0.15, 0.2) is 17.8 Å². The van der Waals surface area contributed by atoms with Crippen LogP contribution in [0.4, 0.5) is 10.6 Å². The van der Waals surface area contributed by atoms with Gasteiger partial charge >= 0.3 is 6.03 Å². The number of fused-ring (bicyclic) bond motifs is 1. The Morgan fingerprint density at radius 3 is 2.90 bits per heavy atom. The monoisotopic (exact) mass is 291 g/mol. The van der Waals surface area contributed by atoms with E-state index in [9.17, 15) is 4.79 Å². The first kappa shape index (κ1) is 13.1. The highest BCUT2D eigenvalue weighted by Crippen LogP contribution is 2.27. The second-order valence-corrected chi connectivity index (χ2v) is 5.54. The standard InChI is InChI=1S/C13H17N5OS/c1-2-14-13(19)18-6-4-17(5-7-18)11-10-3-8-20-12(10)16-9-15-11/h3,8-9H,2,4-7H2,1H3,(H,14,19). The summed E-state index contributed by atoms with van der Waals surface area (Å²) < 4.78 is 0. The lowest BCUT2D eigenvalue weighted by Crippen LogP contribution is -2.52. The van der Waals surface area contributed by atoms with Crippen molar-refractivity contribution in [1.82, 2.24) is 20.2 Å². The van der Waals surface area contributed by atoms with Gasteiger partial charge in [0.15, 0.2) is 0 Å². The maximum absolute atomic E-state index is 11.8. The van der Waals surface area contributed by atoms with Gasteiger partial charge in [-0.05, 0) is 18.4 Å². The number of nitrogens with zero attached hydrogens (tertiary/aromatic N) is 4. The Morgan fingerprint density at radius 1 is 1.35 bits per heavy atom. The predicted octanol–water partition coefficient (Wildman–Crippen LogP) is 1.54. The molecule has 0 spiro atoms. The molecule has 2 aromatic heterocycles. The molecule has 2 aromatic rings. The van der Waals surface area contributed by atoms with Crippen LogP contribution in [-0.2, 0) is 0 Å². The van der Waals surface area contributed by atoms with Gasteiger partial charge in [-0.15, -0.1) is 11.3 Å². The second kappa shape index (κ2) is 5.62. The molecule has 3 rings (SSSR count). The van der Waals surface area contributed by atoms with Crippen molar-refractivity contribution < 1.29 is 4.79 Å². The summed E-state index contributed by atoms with van der Waals surface area (Å²) in [6.07, 6.45) is 1.62. The quantitative estimate of drug-likeness (QED) is 0.912. The van der Waals surface area contributed by atoms with Gasteiger partial charge in [0.05, 0.1) is 5.39 Å². The van der Waals surface area contributed by atoms with Gasteiger partial charge in [-0.1, -0.05) is 0 Å². The molecule has 7 heteroatoms. The molecule has 1 aliphatic heterocycles. The van der Waals surface area contributed by atoms with Crippen molar-refractivity contribution in [3.05, 3.63) is 17.8 Å². The van der Waals surface area contributed by atoms with Crippen LogP contribution >= 0.6 is 11.3 Å². The number of thiophene rings is 1. The third kappa shape index (κ3) is 2.40. The van der Waals surface area contributed by atoms with E-state index in [0.717, 1.165) is 42.2 Å². The van der Waals surface area contributed by atoms with Crippen molar-refractivity contribution >= 4 is 33.4 Å². The van der Waals surface area contributed by atoms with E-state index in [-0.39, 0.29) is 6.03 Å². The normalized spacial score (nSPS) is 15.7. The minimum atomic E-state index is 0.0236. The van der Waals surface area contributed by atoms with Crippen molar-refractivity contribution in [1.29, 1.82) is 0 Å². The minimum Gasteiger partial charge on any atom is -0.352 e. The molecule has 1 aliphatic rings. The topological polar surface area (TPSA) is 61.4 Å². The molecular weight excluding hydrogens is 274 g/mol. The lowest BCUT2D eigenvalue weighted by Gasteiger charge is -2.35. The number of nitrogens with one attached hydrogen (secondary N) is 1. The number of amides is 2. The molecule has 1 N–H and O–H groups in total. The summed E-state index contributed by atoms with van der Waals surface area (Å²) in [5, 5.41) is 5.98. The summed E-state index contributed by atoms with van der Waals surface area (Å²) in [4.78, 5) is 25.6. The zero-order chi connectivity index (χ0) is 13.9. The molecule has 0 aliphatic carbocycles. The zero-order valence-corrected chi connectivity index (χ0v) is 12.2. The van der Waals surface area contributed by atoms with E-state index in [1.165, 1.54) is 0 Å². The molecule has 0 radical (unpaired) electrons. The first-order chi connectivity index (χ1) is 9.79. The molecule has 0 bridgehead atoms. The van der Waals surface area contributed by atoms with Gasteiger partial charge in [0, 0.05) is 32.7 Å². The molecule has 20 heavy (non-hydrogen) atoms. The smallest absolute Gasteiger partial charge is 0.317 e. The van der Waals surface area contributed by atoms with Crippen molar-refractivity contribution in [3.8, 4) is 0 Å². The fourth-order valence-electron chi connectivity index (χ4n) is 2.41. The van der Waals surface area contributed by atoms with Gasteiger partial charge < -0.3 is 15.1 Å². The van der Waals surface area contributed by atoms with Gasteiger partial charge in [0.25, 0.3) is 0 Å². The fourth-order valence-corrected chi connectivity index (χ4v) is 3.14. The van der Waals surface area contributed by atoms with E-state index in [2.05, 4.69) is 26.3 Å². The molecule has 0 unspecified atom stereocenters. The maximum atomic E-state index is 11.8. The highest BCUT2D eigenvalue weighted by molar-refractivity contribution is 7.16. The Morgan fingerprint density at radius 2 is 2.15 bits per heavy atom. The lowest BCUT2D eigenvalue weighted by molar-refractivity contribution is 0.195. The van der Waals surface area contributed by atoms with Crippen molar-refractivity contribution in [2.75, 3.05) is 37.6 Å². The molecule has 6 nitrogen and oxygen atoms in total. The summed E-state index contributed by atoms with van der Waals surface area (Å²) in [6.45, 7) is 5.66. The maximum Gasteiger partial charge on any atom is 0.317 e. The van der Waals surface area contributed by atoms with Crippen LogP contribution in [0.1, 0.15) is 6.92 Å². The number of urea groups is 1. The van der Waals surface area contributed by atoms with Crippen LogP contribution in [0.5, 0.6) is 0 Å². The third-order valence-electron chi connectivity index (χ3n) is 3.44. The van der Waals surface area contributed by atoms with Crippen LogP contribution in [0, 0.1) is 0 Å². The van der Waals surface area contributed by atoms with E-state index in [0.29, 0.717) is 6.54 Å². The van der Waals surface area contributed by atoms with E-state index in [1.807, 2.05) is 17.2 Å².